The number of fused-ring (bicyclic) bond motifs is 2. The monoisotopic (exact) mass is 646 g/mol. The van der Waals surface area contributed by atoms with E-state index in [1.807, 2.05) is 0 Å². The van der Waals surface area contributed by atoms with E-state index in [9.17, 15) is 0 Å². The van der Waals surface area contributed by atoms with Gasteiger partial charge in [-0.05, 0) is 85.7 Å². The Bertz CT molecular complexity index is 2280. The first-order chi connectivity index (χ1) is 24.0. The summed E-state index contributed by atoms with van der Waals surface area (Å²) in [5.41, 5.74) is 9.46. The average Bonchev–Trinajstić information content (AvgIpc) is 3.15. The lowest BCUT2D eigenvalue weighted by atomic mass is 9.87. The van der Waals surface area contributed by atoms with Gasteiger partial charge in [0.2, 0.25) is 0 Å². The number of rotatable bonds is 7. The number of anilines is 3. The maximum Gasteiger partial charge on any atom is 0.137 e. The Hall–Kier alpha value is -5.77. The van der Waals surface area contributed by atoms with Crippen molar-refractivity contribution in [3.63, 3.8) is 0 Å². The van der Waals surface area contributed by atoms with Gasteiger partial charge in [0.15, 0.2) is 0 Å². The van der Waals surface area contributed by atoms with Crippen LogP contribution in [0.2, 0.25) is 19.6 Å². The van der Waals surface area contributed by atoms with E-state index in [0.717, 1.165) is 17.2 Å². The van der Waals surface area contributed by atoms with E-state index in [-0.39, 0.29) is 0 Å². The summed E-state index contributed by atoms with van der Waals surface area (Å²) in [6.07, 6.45) is 2.09. The Kier molecular flexibility index (Phi) is 7.91. The fraction of sp³-hybridized carbons (Fsp3) is 0.0652. The highest BCUT2D eigenvalue weighted by molar-refractivity contribution is 6.88. The molecule has 8 aromatic rings. The Morgan fingerprint density at radius 3 is 1.35 bits per heavy atom. The van der Waals surface area contributed by atoms with Gasteiger partial charge in [-0.2, -0.15) is 0 Å². The van der Waals surface area contributed by atoms with Crippen LogP contribution < -0.4 is 10.1 Å². The number of hydrogen-bond donors (Lipinski definition) is 0. The van der Waals surface area contributed by atoms with Crippen molar-refractivity contribution in [3.8, 4) is 33.4 Å². The van der Waals surface area contributed by atoms with Crippen LogP contribution in [0.15, 0.2) is 176 Å². The smallest absolute Gasteiger partial charge is 0.137 e. The van der Waals surface area contributed by atoms with Crippen molar-refractivity contribution in [2.75, 3.05) is 4.90 Å². The minimum atomic E-state index is -1.52. The van der Waals surface area contributed by atoms with E-state index in [4.69, 9.17) is 4.98 Å². The second-order valence-corrected chi connectivity index (χ2v) is 18.7. The van der Waals surface area contributed by atoms with Gasteiger partial charge in [0.25, 0.3) is 0 Å². The molecule has 3 heteroatoms. The molecule has 1 aromatic heterocycles. The third-order valence-corrected chi connectivity index (χ3v) is 11.4. The number of hydrogen-bond acceptors (Lipinski definition) is 2. The zero-order valence-electron chi connectivity index (χ0n) is 28.1. The maximum absolute atomic E-state index is 5.14. The van der Waals surface area contributed by atoms with Crippen LogP contribution in [0.4, 0.5) is 17.2 Å². The number of aromatic nitrogens is 1. The summed E-state index contributed by atoms with van der Waals surface area (Å²) in [6, 6.07) is 61.4. The van der Waals surface area contributed by atoms with Crippen molar-refractivity contribution in [3.05, 3.63) is 176 Å². The largest absolute Gasteiger partial charge is 0.294 e. The quantitative estimate of drug-likeness (QED) is 0.127. The van der Waals surface area contributed by atoms with Gasteiger partial charge in [-0.25, -0.2) is 4.98 Å². The number of pyridine rings is 1. The van der Waals surface area contributed by atoms with Crippen LogP contribution in [0, 0.1) is 0 Å². The average molecular weight is 647 g/mol. The Morgan fingerprint density at radius 2 is 0.878 bits per heavy atom. The third kappa shape index (κ3) is 5.83. The first kappa shape index (κ1) is 30.6. The summed E-state index contributed by atoms with van der Waals surface area (Å²) < 4.78 is 0. The normalized spacial score (nSPS) is 11.6. The van der Waals surface area contributed by atoms with Crippen LogP contribution in [0.5, 0.6) is 0 Å². The van der Waals surface area contributed by atoms with Crippen LogP contribution in [0.3, 0.4) is 0 Å². The van der Waals surface area contributed by atoms with Crippen molar-refractivity contribution in [1.29, 1.82) is 0 Å². The Morgan fingerprint density at radius 1 is 0.429 bits per heavy atom. The van der Waals surface area contributed by atoms with Crippen molar-refractivity contribution in [2.45, 2.75) is 19.6 Å². The van der Waals surface area contributed by atoms with E-state index in [2.05, 4.69) is 201 Å². The molecule has 0 unspecified atom stereocenters. The van der Waals surface area contributed by atoms with Gasteiger partial charge in [0.1, 0.15) is 5.82 Å². The van der Waals surface area contributed by atoms with Crippen LogP contribution in [-0.2, 0) is 0 Å². The maximum atomic E-state index is 5.14. The van der Waals surface area contributed by atoms with Crippen LogP contribution in [0.1, 0.15) is 0 Å². The summed E-state index contributed by atoms with van der Waals surface area (Å²) in [5.74, 6) is 0.911. The molecule has 0 bridgehead atoms. The summed E-state index contributed by atoms with van der Waals surface area (Å²) in [7, 11) is -1.52. The first-order valence-corrected chi connectivity index (χ1v) is 20.5. The van der Waals surface area contributed by atoms with Gasteiger partial charge in [-0.3, -0.25) is 4.90 Å². The molecule has 1 heterocycles. The molecule has 49 heavy (non-hydrogen) atoms. The van der Waals surface area contributed by atoms with E-state index in [0.29, 0.717) is 0 Å². The van der Waals surface area contributed by atoms with Gasteiger partial charge >= 0.3 is 0 Å². The minimum Gasteiger partial charge on any atom is -0.294 e. The van der Waals surface area contributed by atoms with Crippen LogP contribution >= 0.6 is 0 Å². The lowest BCUT2D eigenvalue weighted by molar-refractivity contribution is 1.20. The molecule has 0 saturated carbocycles. The second-order valence-electron chi connectivity index (χ2n) is 13.7. The summed E-state index contributed by atoms with van der Waals surface area (Å²) >= 11 is 0. The molecule has 0 N–H and O–H groups in total. The van der Waals surface area contributed by atoms with Gasteiger partial charge in [0.05, 0.1) is 13.8 Å². The molecule has 0 saturated heterocycles. The predicted octanol–water partition coefficient (Wildman–Crippen LogP) is 12.4. The zero-order chi connectivity index (χ0) is 33.4. The molecule has 0 radical (unpaired) electrons. The molecular formula is C46H38N2Si. The predicted molar refractivity (Wildman–Crippen MR) is 213 cm³/mol. The van der Waals surface area contributed by atoms with Gasteiger partial charge in [0, 0.05) is 22.7 Å². The highest BCUT2D eigenvalue weighted by atomic mass is 28.3. The van der Waals surface area contributed by atoms with Crippen molar-refractivity contribution < 1.29 is 0 Å². The molecule has 0 aliphatic rings. The summed E-state index contributed by atoms with van der Waals surface area (Å²) in [5, 5.41) is 6.13. The molecule has 0 aliphatic heterocycles. The van der Waals surface area contributed by atoms with E-state index in [1.165, 1.54) is 60.1 Å². The number of nitrogens with zero attached hydrogens (tertiary/aromatic N) is 2. The van der Waals surface area contributed by atoms with Crippen LogP contribution in [0.25, 0.3) is 54.9 Å². The summed E-state index contributed by atoms with van der Waals surface area (Å²) in [6.45, 7) is 7.11. The molecular weight excluding hydrogens is 609 g/mol. The van der Waals surface area contributed by atoms with Crippen LogP contribution in [-0.4, -0.2) is 13.1 Å². The fourth-order valence-corrected chi connectivity index (χ4v) is 7.97. The highest BCUT2D eigenvalue weighted by Gasteiger charge is 2.24. The van der Waals surface area contributed by atoms with E-state index in [1.54, 1.807) is 0 Å². The van der Waals surface area contributed by atoms with Crippen molar-refractivity contribution in [2.24, 2.45) is 0 Å². The molecule has 7 aromatic carbocycles. The topological polar surface area (TPSA) is 16.1 Å². The second kappa shape index (κ2) is 12.7. The lowest BCUT2D eigenvalue weighted by Crippen LogP contribution is -2.37. The highest BCUT2D eigenvalue weighted by Crippen LogP contribution is 2.48. The SMILES string of the molecule is C[Si](C)(C)c1ccc(N(c2ccccc2)c2c3ccccc3c(-c3cc(-c4ccccc4)cc(-c4ccccc4)c3)c3ccccc23)nc1. The first-order valence-electron chi connectivity index (χ1n) is 17.0. The molecule has 0 atom stereocenters. The molecule has 0 aliphatic carbocycles. The third-order valence-electron chi connectivity index (χ3n) is 9.42. The molecule has 2 nitrogen and oxygen atoms in total. The molecule has 0 amide bonds. The Balaban J connectivity index is 1.44. The Labute approximate surface area is 290 Å². The van der Waals surface area contributed by atoms with Crippen molar-refractivity contribution in [1.82, 2.24) is 4.98 Å². The zero-order valence-corrected chi connectivity index (χ0v) is 29.1. The van der Waals surface area contributed by atoms with Gasteiger partial charge < -0.3 is 0 Å². The van der Waals surface area contributed by atoms with E-state index >= 15 is 0 Å². The number of para-hydroxylation sites is 1. The lowest BCUT2D eigenvalue weighted by Gasteiger charge is -2.29. The number of benzene rings is 7. The fourth-order valence-electron chi connectivity index (χ4n) is 6.94. The molecule has 0 fully saturated rings. The van der Waals surface area contributed by atoms with Gasteiger partial charge in [-0.1, -0.05) is 153 Å². The molecule has 236 valence electrons. The standard InChI is InChI=1S/C46H38N2Si/c1-49(2,3)39-27-28-44(47-32-39)48(38-21-11-6-12-22-38)46-42-25-15-13-23-40(42)45(41-24-14-16-26-43(41)46)37-30-35(33-17-7-4-8-18-33)29-36(31-37)34-19-9-5-10-20-34/h4-32H,1-3H3. The van der Waals surface area contributed by atoms with E-state index < -0.39 is 8.07 Å². The minimum absolute atomic E-state index is 0.911. The molecule has 0 spiro atoms. The van der Waals surface area contributed by atoms with Gasteiger partial charge in [-0.15, -0.1) is 0 Å². The van der Waals surface area contributed by atoms with Crippen molar-refractivity contribution >= 4 is 52.0 Å². The molecule has 8 rings (SSSR count). The summed E-state index contributed by atoms with van der Waals surface area (Å²) in [4.78, 5) is 7.49.